The van der Waals surface area contributed by atoms with E-state index in [9.17, 15) is 9.59 Å². The number of methoxy groups -OCH3 is 4. The predicted molar refractivity (Wildman–Crippen MR) is 130 cm³/mol. The Morgan fingerprint density at radius 3 is 2.26 bits per heavy atom. The van der Waals surface area contributed by atoms with Gasteiger partial charge in [-0.15, -0.1) is 11.3 Å². The number of hydrogen-bond donors (Lipinski definition) is 1. The van der Waals surface area contributed by atoms with Crippen LogP contribution >= 0.6 is 11.3 Å². The Hall–Kier alpha value is -3.72. The first-order valence-electron chi connectivity index (χ1n) is 10.5. The predicted octanol–water partition coefficient (Wildman–Crippen LogP) is 4.33. The highest BCUT2D eigenvalue weighted by atomic mass is 32.1. The minimum absolute atomic E-state index is 0.194. The summed E-state index contributed by atoms with van der Waals surface area (Å²) in [7, 11) is 7.83. The number of anilines is 1. The van der Waals surface area contributed by atoms with E-state index in [1.54, 1.807) is 49.4 Å². The van der Waals surface area contributed by atoms with Crippen LogP contribution in [0, 0.1) is 0 Å². The van der Waals surface area contributed by atoms with Gasteiger partial charge in [0.1, 0.15) is 11.5 Å². The van der Waals surface area contributed by atoms with E-state index in [4.69, 9.17) is 18.9 Å². The summed E-state index contributed by atoms with van der Waals surface area (Å²) >= 11 is 1.50. The molecule has 2 heterocycles. The lowest BCUT2D eigenvalue weighted by molar-refractivity contribution is -0.119. The molecular weight excluding hydrogens is 456 g/mol. The Morgan fingerprint density at radius 1 is 0.941 bits per heavy atom. The van der Waals surface area contributed by atoms with E-state index in [-0.39, 0.29) is 11.8 Å². The number of ether oxygens (including phenoxy) is 4. The fourth-order valence-electron chi connectivity index (χ4n) is 4.26. The Kier molecular flexibility index (Phi) is 6.65. The number of carbonyl (C=O) groups is 2. The number of nitrogens with zero attached hydrogens (tertiary/aromatic N) is 1. The van der Waals surface area contributed by atoms with Crippen molar-refractivity contribution in [3.8, 4) is 23.0 Å². The van der Waals surface area contributed by atoms with Gasteiger partial charge in [0.15, 0.2) is 11.5 Å². The molecule has 0 radical (unpaired) electrons. The molecule has 0 fully saturated rings. The molecule has 2 aromatic carbocycles. The van der Waals surface area contributed by atoms with Crippen molar-refractivity contribution in [3.63, 3.8) is 0 Å². The first-order chi connectivity index (χ1) is 16.4. The second-order valence-electron chi connectivity index (χ2n) is 7.70. The van der Waals surface area contributed by atoms with Crippen molar-refractivity contribution in [1.29, 1.82) is 0 Å². The van der Waals surface area contributed by atoms with Gasteiger partial charge in [0.2, 0.25) is 5.91 Å². The molecule has 8 nitrogen and oxygen atoms in total. The minimum atomic E-state index is -0.706. The molecule has 0 unspecified atom stereocenters. The molecule has 0 saturated carbocycles. The van der Waals surface area contributed by atoms with Crippen molar-refractivity contribution < 1.29 is 28.5 Å². The quantitative estimate of drug-likeness (QED) is 0.540. The first-order valence-corrected chi connectivity index (χ1v) is 11.4. The molecule has 0 saturated heterocycles. The van der Waals surface area contributed by atoms with E-state index in [0.717, 1.165) is 4.88 Å². The average molecular weight is 483 g/mol. The van der Waals surface area contributed by atoms with E-state index in [1.165, 1.54) is 32.7 Å². The molecule has 1 aliphatic heterocycles. The first kappa shape index (κ1) is 23.4. The van der Waals surface area contributed by atoms with Crippen molar-refractivity contribution in [3.05, 3.63) is 63.8 Å². The van der Waals surface area contributed by atoms with E-state index in [2.05, 4.69) is 5.32 Å². The van der Waals surface area contributed by atoms with Gasteiger partial charge in [-0.05, 0) is 41.3 Å². The maximum atomic E-state index is 13.9. The van der Waals surface area contributed by atoms with Gasteiger partial charge in [0.25, 0.3) is 5.91 Å². The molecule has 2 atom stereocenters. The highest BCUT2D eigenvalue weighted by Gasteiger charge is 2.44. The van der Waals surface area contributed by atoms with Crippen LogP contribution in [-0.4, -0.2) is 52.2 Å². The molecule has 0 bridgehead atoms. The number of rotatable bonds is 7. The zero-order valence-electron chi connectivity index (χ0n) is 19.6. The lowest BCUT2D eigenvalue weighted by atomic mass is 9.81. The Balaban J connectivity index is 1.84. The van der Waals surface area contributed by atoms with Gasteiger partial charge in [0.05, 0.1) is 46.1 Å². The van der Waals surface area contributed by atoms with Gasteiger partial charge < -0.3 is 29.2 Å². The number of thiophene rings is 1. The molecule has 3 aromatic rings. The molecule has 0 spiro atoms. The van der Waals surface area contributed by atoms with Crippen LogP contribution in [0.15, 0.2) is 47.8 Å². The summed E-state index contributed by atoms with van der Waals surface area (Å²) in [6.07, 6.45) is 0. The van der Waals surface area contributed by atoms with Gasteiger partial charge in [-0.2, -0.15) is 0 Å². The summed E-state index contributed by atoms with van der Waals surface area (Å²) in [5.41, 5.74) is 1.47. The van der Waals surface area contributed by atoms with Crippen LogP contribution in [0.5, 0.6) is 23.0 Å². The molecule has 4 rings (SSSR count). The summed E-state index contributed by atoms with van der Waals surface area (Å²) in [5, 5.41) is 4.92. The van der Waals surface area contributed by atoms with Crippen molar-refractivity contribution in [2.45, 2.75) is 12.0 Å². The van der Waals surface area contributed by atoms with Crippen LogP contribution in [0.4, 0.5) is 5.69 Å². The molecular formula is C25H26N2O6S. The van der Waals surface area contributed by atoms with E-state index in [1.807, 2.05) is 17.5 Å². The number of benzene rings is 2. The summed E-state index contributed by atoms with van der Waals surface area (Å²) in [4.78, 5) is 29.7. The largest absolute Gasteiger partial charge is 0.497 e. The molecule has 1 N–H and O–H groups in total. The van der Waals surface area contributed by atoms with Crippen molar-refractivity contribution in [1.82, 2.24) is 4.90 Å². The topological polar surface area (TPSA) is 86.3 Å². The summed E-state index contributed by atoms with van der Waals surface area (Å²) < 4.78 is 21.6. The van der Waals surface area contributed by atoms with E-state index < -0.39 is 12.0 Å². The molecule has 9 heteroatoms. The molecule has 1 aromatic heterocycles. The SMILES string of the molecule is COc1ccc(NC(=O)[C@@H]2c3cc(OC)c(OC)cc3C(=O)N(C)[C@H]2c2cccs2)c(OC)c1. The van der Waals surface area contributed by atoms with Gasteiger partial charge in [-0.25, -0.2) is 0 Å². The number of amides is 2. The van der Waals surface area contributed by atoms with Crippen LogP contribution in [-0.2, 0) is 4.79 Å². The summed E-state index contributed by atoms with van der Waals surface area (Å²) in [6.45, 7) is 0. The highest BCUT2D eigenvalue weighted by molar-refractivity contribution is 7.10. The number of carbonyl (C=O) groups excluding carboxylic acids is 2. The van der Waals surface area contributed by atoms with Gasteiger partial charge >= 0.3 is 0 Å². The number of fused-ring (bicyclic) bond motifs is 1. The lowest BCUT2D eigenvalue weighted by Crippen LogP contribution is -2.43. The third-order valence-electron chi connectivity index (χ3n) is 5.96. The Bertz CT molecular complexity index is 1210. The van der Waals surface area contributed by atoms with Crippen LogP contribution in [0.3, 0.4) is 0 Å². The van der Waals surface area contributed by atoms with Crippen molar-refractivity contribution >= 4 is 28.8 Å². The van der Waals surface area contributed by atoms with Crippen molar-refractivity contribution in [2.24, 2.45) is 0 Å². The summed E-state index contributed by atoms with van der Waals surface area (Å²) in [6, 6.07) is 11.9. The number of nitrogens with one attached hydrogen (secondary N) is 1. The minimum Gasteiger partial charge on any atom is -0.497 e. The smallest absolute Gasteiger partial charge is 0.254 e. The van der Waals surface area contributed by atoms with Gasteiger partial charge in [-0.3, -0.25) is 9.59 Å². The fraction of sp³-hybridized carbons (Fsp3) is 0.280. The van der Waals surface area contributed by atoms with Gasteiger partial charge in [-0.1, -0.05) is 6.07 Å². The zero-order chi connectivity index (χ0) is 24.4. The van der Waals surface area contributed by atoms with E-state index >= 15 is 0 Å². The number of hydrogen-bond acceptors (Lipinski definition) is 7. The molecule has 0 aliphatic carbocycles. The monoisotopic (exact) mass is 482 g/mol. The standard InChI is InChI=1S/C25H26N2O6S/c1-27-23(21-7-6-10-34-21)22(15-12-19(32-4)20(33-5)13-16(15)25(27)29)24(28)26-17-9-8-14(30-2)11-18(17)31-3/h6-13,22-23H,1-5H3,(H,26,28)/t22-,23+/m1/s1. The number of likely N-dealkylation sites (N-methyl/N-ethyl adjacent to an activating group) is 1. The molecule has 2 amide bonds. The van der Waals surface area contributed by atoms with Gasteiger partial charge in [0, 0.05) is 23.6 Å². The lowest BCUT2D eigenvalue weighted by Gasteiger charge is -2.39. The molecule has 1 aliphatic rings. The van der Waals surface area contributed by atoms with Crippen molar-refractivity contribution in [2.75, 3.05) is 40.8 Å². The third-order valence-corrected chi connectivity index (χ3v) is 6.90. The summed E-state index contributed by atoms with van der Waals surface area (Å²) in [5.74, 6) is 0.764. The third kappa shape index (κ3) is 4.03. The van der Waals surface area contributed by atoms with E-state index in [0.29, 0.717) is 39.8 Å². The zero-order valence-corrected chi connectivity index (χ0v) is 20.4. The second kappa shape index (κ2) is 9.64. The maximum absolute atomic E-state index is 13.9. The van der Waals surface area contributed by atoms with Crippen LogP contribution in [0.25, 0.3) is 0 Å². The van der Waals surface area contributed by atoms with Crippen LogP contribution in [0.2, 0.25) is 0 Å². The van der Waals surface area contributed by atoms with Crippen LogP contribution in [0.1, 0.15) is 32.8 Å². The fourth-order valence-corrected chi connectivity index (χ4v) is 5.16. The Morgan fingerprint density at radius 2 is 1.65 bits per heavy atom. The Labute approximate surface area is 202 Å². The average Bonchev–Trinajstić information content (AvgIpc) is 3.39. The highest BCUT2D eigenvalue weighted by Crippen LogP contribution is 2.47. The van der Waals surface area contributed by atoms with Crippen LogP contribution < -0.4 is 24.3 Å². The second-order valence-corrected chi connectivity index (χ2v) is 8.68. The molecule has 34 heavy (non-hydrogen) atoms. The maximum Gasteiger partial charge on any atom is 0.254 e. The molecule has 178 valence electrons. The normalized spacial score (nSPS) is 17.1.